The number of anilines is 1. The summed E-state index contributed by atoms with van der Waals surface area (Å²) in [5, 5.41) is 18.1. The third-order valence-electron chi connectivity index (χ3n) is 5.16. The van der Waals surface area contributed by atoms with Crippen molar-refractivity contribution in [1.82, 2.24) is 9.78 Å². The number of carbonyl (C=O) groups is 1. The number of aromatic nitrogens is 2. The zero-order valence-corrected chi connectivity index (χ0v) is 18.2. The Morgan fingerprint density at radius 2 is 1.82 bits per heavy atom. The van der Waals surface area contributed by atoms with Crippen LogP contribution in [-0.4, -0.2) is 27.9 Å². The van der Waals surface area contributed by atoms with Gasteiger partial charge in [0, 0.05) is 5.69 Å². The molecule has 164 valence electrons. The average molecular weight is 438 g/mol. The minimum absolute atomic E-state index is 0.343. The molecular weight excluding hydrogens is 416 g/mol. The van der Waals surface area contributed by atoms with Crippen molar-refractivity contribution < 1.29 is 14.6 Å². The van der Waals surface area contributed by atoms with Gasteiger partial charge in [0.15, 0.2) is 5.69 Å². The molecule has 0 aliphatic heterocycles. The summed E-state index contributed by atoms with van der Waals surface area (Å²) in [5.41, 5.74) is 4.02. The molecule has 0 saturated carbocycles. The summed E-state index contributed by atoms with van der Waals surface area (Å²) < 4.78 is 6.69. The Bertz CT molecular complexity index is 1340. The van der Waals surface area contributed by atoms with Crippen LogP contribution in [0.2, 0.25) is 0 Å². The highest BCUT2D eigenvalue weighted by Gasteiger charge is 2.17. The highest BCUT2D eigenvalue weighted by atomic mass is 16.5. The van der Waals surface area contributed by atoms with Crippen LogP contribution < -0.4 is 10.1 Å². The van der Waals surface area contributed by atoms with Crippen LogP contribution in [0, 0.1) is 13.5 Å². The van der Waals surface area contributed by atoms with E-state index in [1.165, 1.54) is 4.68 Å². The summed E-state index contributed by atoms with van der Waals surface area (Å²) in [7, 11) is 1.59. The molecule has 2 N–H and O–H groups in total. The fraction of sp³-hybridized carbons (Fsp3) is 0.115. The van der Waals surface area contributed by atoms with Gasteiger partial charge < -0.3 is 15.2 Å². The van der Waals surface area contributed by atoms with E-state index in [4.69, 9.17) is 11.3 Å². The third-order valence-corrected chi connectivity index (χ3v) is 5.16. The van der Waals surface area contributed by atoms with E-state index < -0.39 is 6.10 Å². The maximum Gasteiger partial charge on any atom is 0.274 e. The number of nitrogens with zero attached hydrogens (tertiary/aromatic N) is 3. The van der Waals surface area contributed by atoms with E-state index in [2.05, 4.69) is 15.3 Å². The van der Waals surface area contributed by atoms with Crippen LogP contribution in [0.3, 0.4) is 0 Å². The number of rotatable bonds is 6. The van der Waals surface area contributed by atoms with Gasteiger partial charge in [0.25, 0.3) is 5.91 Å². The van der Waals surface area contributed by atoms with E-state index in [1.54, 1.807) is 92.9 Å². The number of nitrogens with one attached hydrogen (secondary N) is 1. The molecule has 4 rings (SSSR count). The Kier molecular flexibility index (Phi) is 6.20. The van der Waals surface area contributed by atoms with E-state index >= 15 is 0 Å². The highest BCUT2D eigenvalue weighted by molar-refractivity contribution is 6.03. The van der Waals surface area contributed by atoms with Gasteiger partial charge in [-0.1, -0.05) is 36.4 Å². The average Bonchev–Trinajstić information content (AvgIpc) is 3.25. The number of carbonyl (C=O) groups excluding carboxylic acids is 1. The standard InChI is InChI=1S/C26H22N4O3/c1-17-14-24(30(29-17)22-9-5-7-20(16-22)27-2)26(32)28-21-8-4-6-19(15-21)25(31)18-10-12-23(33-3)13-11-18/h4-16,25,31H,1,3H3,(H,28,32). The van der Waals surface area contributed by atoms with Gasteiger partial charge in [0.2, 0.25) is 0 Å². The van der Waals surface area contributed by atoms with E-state index in [0.717, 1.165) is 0 Å². The summed E-state index contributed by atoms with van der Waals surface area (Å²) >= 11 is 0. The molecule has 1 aromatic heterocycles. The molecule has 7 nitrogen and oxygen atoms in total. The number of aliphatic hydroxyl groups is 1. The zero-order valence-electron chi connectivity index (χ0n) is 18.2. The number of ether oxygens (including phenoxy) is 1. The molecule has 0 radical (unpaired) electrons. The normalized spacial score (nSPS) is 11.5. The Morgan fingerprint density at radius 3 is 2.55 bits per heavy atom. The van der Waals surface area contributed by atoms with E-state index in [1.807, 2.05) is 0 Å². The number of aryl methyl sites for hydroxylation is 1. The smallest absolute Gasteiger partial charge is 0.274 e. The van der Waals surface area contributed by atoms with Crippen LogP contribution in [0.1, 0.15) is 33.4 Å². The number of hydrogen-bond acceptors (Lipinski definition) is 4. The van der Waals surface area contributed by atoms with Gasteiger partial charge in [0.05, 0.1) is 25.1 Å². The lowest BCUT2D eigenvalue weighted by molar-refractivity contribution is 0.101. The first-order chi connectivity index (χ1) is 16.0. The van der Waals surface area contributed by atoms with Crippen molar-refractivity contribution in [2.75, 3.05) is 12.4 Å². The topological polar surface area (TPSA) is 80.7 Å². The van der Waals surface area contributed by atoms with E-state index in [9.17, 15) is 9.90 Å². The Labute approximate surface area is 191 Å². The second-order valence-corrected chi connectivity index (χ2v) is 7.47. The maximum absolute atomic E-state index is 13.1. The van der Waals surface area contributed by atoms with Crippen molar-refractivity contribution in [2.24, 2.45) is 0 Å². The first-order valence-electron chi connectivity index (χ1n) is 10.3. The molecule has 1 amide bonds. The lowest BCUT2D eigenvalue weighted by atomic mass is 10.0. The van der Waals surface area contributed by atoms with E-state index in [-0.39, 0.29) is 5.91 Å². The van der Waals surface area contributed by atoms with Crippen LogP contribution in [0.5, 0.6) is 5.75 Å². The van der Waals surface area contributed by atoms with Gasteiger partial charge in [0.1, 0.15) is 17.5 Å². The predicted octanol–water partition coefficient (Wildman–Crippen LogP) is 5.07. The van der Waals surface area contributed by atoms with Crippen molar-refractivity contribution in [3.05, 3.63) is 113 Å². The summed E-state index contributed by atoms with van der Waals surface area (Å²) in [4.78, 5) is 16.5. The molecule has 1 heterocycles. The van der Waals surface area contributed by atoms with E-state index in [0.29, 0.717) is 45.3 Å². The van der Waals surface area contributed by atoms with Gasteiger partial charge in [-0.3, -0.25) is 4.79 Å². The van der Waals surface area contributed by atoms with Gasteiger partial charge >= 0.3 is 0 Å². The SMILES string of the molecule is [C-]#[N+]c1cccc(-n2nc(C)cc2C(=O)Nc2cccc(C(O)c3ccc(OC)cc3)c2)c1. The number of methoxy groups -OCH3 is 1. The molecule has 0 aliphatic rings. The summed E-state index contributed by atoms with van der Waals surface area (Å²) in [6.07, 6.45) is -0.850. The second-order valence-electron chi connectivity index (χ2n) is 7.47. The molecule has 0 saturated heterocycles. The molecule has 1 unspecified atom stereocenters. The number of aliphatic hydroxyl groups excluding tert-OH is 1. The Hall–Kier alpha value is -4.41. The minimum atomic E-state index is -0.850. The van der Waals surface area contributed by atoms with Gasteiger partial charge in [-0.25, -0.2) is 9.53 Å². The number of amides is 1. The van der Waals surface area contributed by atoms with Crippen LogP contribution in [-0.2, 0) is 0 Å². The van der Waals surface area contributed by atoms with Gasteiger partial charge in [-0.15, -0.1) is 0 Å². The molecule has 0 aliphatic carbocycles. The summed E-state index contributed by atoms with van der Waals surface area (Å²) in [6.45, 7) is 9.02. The van der Waals surface area contributed by atoms with Crippen molar-refractivity contribution in [1.29, 1.82) is 0 Å². The van der Waals surface area contributed by atoms with Gasteiger partial charge in [-0.05, 0) is 60.5 Å². The predicted molar refractivity (Wildman–Crippen MR) is 126 cm³/mol. The molecular formula is C26H22N4O3. The quantitative estimate of drug-likeness (QED) is 0.412. The van der Waals surface area contributed by atoms with Crippen LogP contribution >= 0.6 is 0 Å². The van der Waals surface area contributed by atoms with Crippen molar-refractivity contribution >= 4 is 17.3 Å². The first-order valence-corrected chi connectivity index (χ1v) is 10.3. The molecule has 0 spiro atoms. The molecule has 0 bridgehead atoms. The first kappa shape index (κ1) is 21.8. The fourth-order valence-corrected chi connectivity index (χ4v) is 3.51. The van der Waals surface area contributed by atoms with Crippen molar-refractivity contribution in [2.45, 2.75) is 13.0 Å². The van der Waals surface area contributed by atoms with Crippen LogP contribution in [0.15, 0.2) is 78.9 Å². The lowest BCUT2D eigenvalue weighted by Crippen LogP contribution is -2.17. The third kappa shape index (κ3) is 4.76. The molecule has 33 heavy (non-hydrogen) atoms. The second kappa shape index (κ2) is 9.39. The van der Waals surface area contributed by atoms with Crippen molar-refractivity contribution in [3.8, 4) is 11.4 Å². The molecule has 1 atom stereocenters. The summed E-state index contributed by atoms with van der Waals surface area (Å²) in [5.74, 6) is 0.362. The van der Waals surface area contributed by atoms with Crippen molar-refractivity contribution in [3.63, 3.8) is 0 Å². The Balaban J connectivity index is 1.58. The number of hydrogen-bond donors (Lipinski definition) is 2. The molecule has 7 heteroatoms. The maximum atomic E-state index is 13.1. The highest BCUT2D eigenvalue weighted by Crippen LogP contribution is 2.26. The Morgan fingerprint density at radius 1 is 1.06 bits per heavy atom. The molecule has 3 aromatic carbocycles. The fourth-order valence-electron chi connectivity index (χ4n) is 3.51. The zero-order chi connectivity index (χ0) is 23.4. The monoisotopic (exact) mass is 438 g/mol. The minimum Gasteiger partial charge on any atom is -0.497 e. The molecule has 0 fully saturated rings. The molecule has 4 aromatic rings. The largest absolute Gasteiger partial charge is 0.497 e. The number of benzene rings is 3. The van der Waals surface area contributed by atoms with Crippen LogP contribution in [0.25, 0.3) is 10.5 Å². The van der Waals surface area contributed by atoms with Crippen LogP contribution in [0.4, 0.5) is 11.4 Å². The van der Waals surface area contributed by atoms with Gasteiger partial charge in [-0.2, -0.15) is 5.10 Å². The summed E-state index contributed by atoms with van der Waals surface area (Å²) in [6, 6.07) is 22.9. The lowest BCUT2D eigenvalue weighted by Gasteiger charge is -2.14.